The zero-order chi connectivity index (χ0) is 13.0. The van der Waals surface area contributed by atoms with Crippen LogP contribution in [-0.2, 0) is 9.84 Å². The molecule has 0 amide bonds. The Hall–Kier alpha value is -0.660. The first-order valence-electron chi connectivity index (χ1n) is 5.91. The molecule has 1 aliphatic rings. The third-order valence-corrected chi connectivity index (χ3v) is 5.40. The Morgan fingerprint density at radius 3 is 3.06 bits per heavy atom. The Labute approximate surface area is 112 Å². The minimum absolute atomic E-state index is 0.119. The van der Waals surface area contributed by atoms with Crippen LogP contribution in [0.3, 0.4) is 0 Å². The van der Waals surface area contributed by atoms with Crippen LogP contribution in [-0.4, -0.2) is 48.2 Å². The molecule has 1 saturated heterocycles. The molecule has 1 unspecified atom stereocenters. The van der Waals surface area contributed by atoms with Gasteiger partial charge in [0.2, 0.25) is 0 Å². The summed E-state index contributed by atoms with van der Waals surface area (Å²) in [5.41, 5.74) is 0.961. The standard InChI is InChI=1S/C11H17N3O2S2/c1-9-2-4-13-11(14-9)17-6-5-12-10-3-7-18(15,16)8-10/h2,4,10,12H,3,5-8H2,1H3. The van der Waals surface area contributed by atoms with Gasteiger partial charge in [-0.05, 0) is 19.4 Å². The van der Waals surface area contributed by atoms with Gasteiger partial charge >= 0.3 is 0 Å². The van der Waals surface area contributed by atoms with Gasteiger partial charge < -0.3 is 5.32 Å². The van der Waals surface area contributed by atoms with Crippen molar-refractivity contribution in [2.75, 3.05) is 23.8 Å². The summed E-state index contributed by atoms with van der Waals surface area (Å²) in [6.07, 6.45) is 2.48. The number of hydrogen-bond donors (Lipinski definition) is 1. The minimum Gasteiger partial charge on any atom is -0.312 e. The van der Waals surface area contributed by atoms with E-state index in [9.17, 15) is 8.42 Å². The van der Waals surface area contributed by atoms with Crippen LogP contribution in [0.4, 0.5) is 0 Å². The third-order valence-electron chi connectivity index (χ3n) is 2.77. The van der Waals surface area contributed by atoms with Gasteiger partial charge in [0.25, 0.3) is 0 Å². The van der Waals surface area contributed by atoms with Crippen LogP contribution in [0.2, 0.25) is 0 Å². The Morgan fingerprint density at radius 1 is 1.56 bits per heavy atom. The van der Waals surface area contributed by atoms with Gasteiger partial charge in [0.15, 0.2) is 15.0 Å². The fourth-order valence-corrected chi connectivity index (χ4v) is 4.31. The molecule has 1 N–H and O–H groups in total. The highest BCUT2D eigenvalue weighted by molar-refractivity contribution is 7.99. The molecule has 5 nitrogen and oxygen atoms in total. The van der Waals surface area contributed by atoms with Crippen LogP contribution in [0.15, 0.2) is 17.4 Å². The average Bonchev–Trinajstić information content (AvgIpc) is 2.65. The molecule has 18 heavy (non-hydrogen) atoms. The maximum absolute atomic E-state index is 11.3. The largest absolute Gasteiger partial charge is 0.312 e. The monoisotopic (exact) mass is 287 g/mol. The summed E-state index contributed by atoms with van der Waals surface area (Å²) in [6.45, 7) is 2.72. The molecule has 1 aromatic rings. The Morgan fingerprint density at radius 2 is 2.39 bits per heavy atom. The average molecular weight is 287 g/mol. The van der Waals surface area contributed by atoms with Crippen LogP contribution < -0.4 is 5.32 Å². The van der Waals surface area contributed by atoms with Crippen molar-refractivity contribution in [1.82, 2.24) is 15.3 Å². The predicted molar refractivity (Wildman–Crippen MR) is 72.6 cm³/mol. The van der Waals surface area contributed by atoms with E-state index in [0.717, 1.165) is 29.6 Å². The molecule has 0 aliphatic carbocycles. The summed E-state index contributed by atoms with van der Waals surface area (Å²) in [4.78, 5) is 8.45. The van der Waals surface area contributed by atoms with Crippen molar-refractivity contribution in [3.63, 3.8) is 0 Å². The highest BCUT2D eigenvalue weighted by Crippen LogP contribution is 2.13. The van der Waals surface area contributed by atoms with E-state index >= 15 is 0 Å². The molecular weight excluding hydrogens is 270 g/mol. The van der Waals surface area contributed by atoms with Gasteiger partial charge in [0.1, 0.15) is 0 Å². The molecule has 0 spiro atoms. The number of aryl methyl sites for hydroxylation is 1. The first-order valence-corrected chi connectivity index (χ1v) is 8.72. The third kappa shape index (κ3) is 4.22. The molecule has 2 rings (SSSR count). The van der Waals surface area contributed by atoms with Gasteiger partial charge in [-0.25, -0.2) is 18.4 Å². The molecule has 100 valence electrons. The van der Waals surface area contributed by atoms with Crippen molar-refractivity contribution < 1.29 is 8.42 Å². The Kier molecular flexibility index (Phi) is 4.58. The normalized spacial score (nSPS) is 22.2. The Bertz CT molecular complexity index is 505. The number of rotatable bonds is 5. The van der Waals surface area contributed by atoms with Crippen LogP contribution in [0.5, 0.6) is 0 Å². The molecule has 0 bridgehead atoms. The number of thioether (sulfide) groups is 1. The van der Waals surface area contributed by atoms with E-state index in [0.29, 0.717) is 5.75 Å². The lowest BCUT2D eigenvalue weighted by Gasteiger charge is -2.09. The van der Waals surface area contributed by atoms with E-state index in [-0.39, 0.29) is 11.8 Å². The van der Waals surface area contributed by atoms with E-state index in [1.165, 1.54) is 0 Å². The Balaban J connectivity index is 1.68. The molecule has 7 heteroatoms. The van der Waals surface area contributed by atoms with E-state index in [2.05, 4.69) is 15.3 Å². The topological polar surface area (TPSA) is 72.0 Å². The zero-order valence-electron chi connectivity index (χ0n) is 10.3. The highest BCUT2D eigenvalue weighted by Gasteiger charge is 2.26. The number of hydrogen-bond acceptors (Lipinski definition) is 6. The molecule has 1 fully saturated rings. The van der Waals surface area contributed by atoms with Gasteiger partial charge in [0.05, 0.1) is 11.5 Å². The van der Waals surface area contributed by atoms with E-state index < -0.39 is 9.84 Å². The fraction of sp³-hybridized carbons (Fsp3) is 0.636. The quantitative estimate of drug-likeness (QED) is 0.487. The molecule has 1 aliphatic heterocycles. The van der Waals surface area contributed by atoms with Gasteiger partial charge in [-0.2, -0.15) is 0 Å². The lowest BCUT2D eigenvalue weighted by atomic mass is 10.3. The molecule has 0 radical (unpaired) electrons. The number of nitrogens with zero attached hydrogens (tertiary/aromatic N) is 2. The van der Waals surface area contributed by atoms with Gasteiger partial charge in [0, 0.05) is 30.2 Å². The first-order chi connectivity index (χ1) is 8.55. The second-order valence-electron chi connectivity index (χ2n) is 4.38. The smallest absolute Gasteiger partial charge is 0.187 e. The van der Waals surface area contributed by atoms with E-state index in [1.54, 1.807) is 18.0 Å². The van der Waals surface area contributed by atoms with Crippen LogP contribution >= 0.6 is 11.8 Å². The lowest BCUT2D eigenvalue weighted by molar-refractivity contribution is 0.574. The predicted octanol–water partition coefficient (Wildman–Crippen LogP) is 0.654. The molecule has 2 heterocycles. The number of sulfone groups is 1. The number of nitrogens with one attached hydrogen (secondary N) is 1. The van der Waals surface area contributed by atoms with Crippen molar-refractivity contribution in [2.24, 2.45) is 0 Å². The second kappa shape index (κ2) is 5.99. The zero-order valence-corrected chi connectivity index (χ0v) is 11.9. The van der Waals surface area contributed by atoms with Crippen LogP contribution in [0.25, 0.3) is 0 Å². The van der Waals surface area contributed by atoms with Gasteiger partial charge in [-0.15, -0.1) is 0 Å². The van der Waals surface area contributed by atoms with Crippen molar-refractivity contribution in [2.45, 2.75) is 24.5 Å². The fourth-order valence-electron chi connectivity index (χ4n) is 1.86. The molecule has 1 atom stereocenters. The lowest BCUT2D eigenvalue weighted by Crippen LogP contribution is -2.31. The van der Waals surface area contributed by atoms with Crippen molar-refractivity contribution in [3.8, 4) is 0 Å². The summed E-state index contributed by atoms with van der Waals surface area (Å²) in [5, 5.41) is 4.04. The molecule has 1 aromatic heterocycles. The maximum Gasteiger partial charge on any atom is 0.187 e. The van der Waals surface area contributed by atoms with Crippen molar-refractivity contribution in [1.29, 1.82) is 0 Å². The second-order valence-corrected chi connectivity index (χ2v) is 7.67. The SMILES string of the molecule is Cc1ccnc(SCCNC2CCS(=O)(=O)C2)n1. The maximum atomic E-state index is 11.3. The number of aromatic nitrogens is 2. The summed E-state index contributed by atoms with van der Waals surface area (Å²) in [5.74, 6) is 1.44. The van der Waals surface area contributed by atoms with Gasteiger partial charge in [-0.1, -0.05) is 11.8 Å². The minimum atomic E-state index is -2.78. The van der Waals surface area contributed by atoms with E-state index in [4.69, 9.17) is 0 Å². The van der Waals surface area contributed by atoms with Crippen molar-refractivity contribution >= 4 is 21.6 Å². The van der Waals surface area contributed by atoms with Gasteiger partial charge in [-0.3, -0.25) is 0 Å². The highest BCUT2D eigenvalue weighted by atomic mass is 32.2. The summed E-state index contributed by atoms with van der Waals surface area (Å²) >= 11 is 1.58. The molecular formula is C11H17N3O2S2. The summed E-state index contributed by atoms with van der Waals surface area (Å²) in [7, 11) is -2.78. The summed E-state index contributed by atoms with van der Waals surface area (Å²) in [6, 6.07) is 1.99. The summed E-state index contributed by atoms with van der Waals surface area (Å²) < 4.78 is 22.5. The molecule has 0 aromatic carbocycles. The first kappa shape index (κ1) is 13.8. The van der Waals surface area contributed by atoms with E-state index in [1.807, 2.05) is 13.0 Å². The molecule has 0 saturated carbocycles. The van der Waals surface area contributed by atoms with Crippen LogP contribution in [0.1, 0.15) is 12.1 Å². The van der Waals surface area contributed by atoms with Crippen LogP contribution in [0, 0.1) is 6.92 Å². The van der Waals surface area contributed by atoms with Crippen molar-refractivity contribution in [3.05, 3.63) is 18.0 Å².